The molecule has 0 unspecified atom stereocenters. The Morgan fingerprint density at radius 1 is 1.25 bits per heavy atom. The molecule has 0 saturated carbocycles. The first-order valence-electron chi connectivity index (χ1n) is 8.97. The van der Waals surface area contributed by atoms with Gasteiger partial charge in [0.1, 0.15) is 5.01 Å². The second-order valence-corrected chi connectivity index (χ2v) is 7.24. The van der Waals surface area contributed by atoms with Crippen LogP contribution in [0.4, 0.5) is 5.69 Å². The number of hydrogen-bond acceptors (Lipinski definition) is 8. The lowest BCUT2D eigenvalue weighted by atomic mass is 10.2. The quantitative estimate of drug-likeness (QED) is 0.675. The van der Waals surface area contributed by atoms with Gasteiger partial charge in [-0.15, -0.1) is 10.2 Å². The normalized spacial score (nSPS) is 14.6. The van der Waals surface area contributed by atoms with Crippen LogP contribution in [0.5, 0.6) is 0 Å². The number of carbonyl (C=O) groups is 2. The molecule has 2 heterocycles. The maximum atomic E-state index is 12.4. The van der Waals surface area contributed by atoms with Crippen molar-refractivity contribution >= 4 is 28.8 Å². The molecule has 1 saturated heterocycles. The Balaban J connectivity index is 1.52. The smallest absolute Gasteiger partial charge is 0.286 e. The van der Waals surface area contributed by atoms with Crippen LogP contribution in [0, 0.1) is 0 Å². The Bertz CT molecular complexity index is 807. The number of hydrogen-bond donors (Lipinski definition) is 2. The van der Waals surface area contributed by atoms with E-state index in [1.807, 2.05) is 0 Å². The van der Waals surface area contributed by atoms with Crippen LogP contribution in [0.25, 0.3) is 0 Å². The number of anilines is 1. The van der Waals surface area contributed by atoms with E-state index < -0.39 is 0 Å². The Morgan fingerprint density at radius 2 is 2.07 bits per heavy atom. The van der Waals surface area contributed by atoms with Crippen molar-refractivity contribution in [1.29, 1.82) is 0 Å². The number of aromatic nitrogens is 2. The van der Waals surface area contributed by atoms with E-state index in [0.29, 0.717) is 29.4 Å². The molecule has 150 valence electrons. The minimum absolute atomic E-state index is 0.178. The Kier molecular flexibility index (Phi) is 7.43. The first-order valence-corrected chi connectivity index (χ1v) is 9.78. The van der Waals surface area contributed by atoms with Crippen LogP contribution in [0.3, 0.4) is 0 Å². The highest BCUT2D eigenvalue weighted by Crippen LogP contribution is 2.15. The van der Waals surface area contributed by atoms with Crippen molar-refractivity contribution in [2.24, 2.45) is 0 Å². The van der Waals surface area contributed by atoms with Gasteiger partial charge < -0.3 is 20.1 Å². The zero-order valence-electron chi connectivity index (χ0n) is 15.6. The van der Waals surface area contributed by atoms with E-state index in [1.165, 1.54) is 11.3 Å². The molecule has 0 spiro atoms. The Hall–Kier alpha value is -2.40. The fourth-order valence-electron chi connectivity index (χ4n) is 2.70. The maximum absolute atomic E-state index is 12.4. The van der Waals surface area contributed by atoms with Crippen molar-refractivity contribution in [2.75, 3.05) is 51.8 Å². The number of rotatable bonds is 8. The number of nitrogens with zero attached hydrogens (tertiary/aromatic N) is 3. The largest absolute Gasteiger partial charge is 0.379 e. The van der Waals surface area contributed by atoms with Gasteiger partial charge in [0.25, 0.3) is 11.8 Å². The number of nitrogens with one attached hydrogen (secondary N) is 2. The molecule has 2 aromatic rings. The van der Waals surface area contributed by atoms with Gasteiger partial charge in [-0.05, 0) is 18.2 Å². The molecular formula is C18H23N5O4S. The molecule has 1 aromatic carbocycles. The average Bonchev–Trinajstić information content (AvgIpc) is 3.18. The summed E-state index contributed by atoms with van der Waals surface area (Å²) in [6, 6.07) is 6.79. The molecule has 1 fully saturated rings. The van der Waals surface area contributed by atoms with Gasteiger partial charge in [0.2, 0.25) is 5.01 Å². The standard InChI is InChI=1S/C18H23N5O4S/c1-26-12-15-21-22-18(28-15)17(25)20-14-4-2-3-13(11-14)16(24)19-5-6-23-7-9-27-10-8-23/h2-4,11H,5-10,12H2,1H3,(H,19,24)(H,20,25). The molecule has 1 aliphatic rings. The molecule has 0 atom stereocenters. The second kappa shape index (κ2) is 10.2. The molecule has 2 N–H and O–H groups in total. The predicted octanol–water partition coefficient (Wildman–Crippen LogP) is 0.999. The molecule has 10 heteroatoms. The first kappa shape index (κ1) is 20.3. The third-order valence-corrected chi connectivity index (χ3v) is 5.02. The lowest BCUT2D eigenvalue weighted by molar-refractivity contribution is 0.0383. The molecule has 1 aliphatic heterocycles. The van der Waals surface area contributed by atoms with Crippen LogP contribution in [0.15, 0.2) is 24.3 Å². The average molecular weight is 405 g/mol. The van der Waals surface area contributed by atoms with Gasteiger partial charge in [-0.1, -0.05) is 17.4 Å². The van der Waals surface area contributed by atoms with Gasteiger partial charge in [-0.2, -0.15) is 0 Å². The fourth-order valence-corrected chi connectivity index (χ4v) is 3.41. The number of amides is 2. The van der Waals surface area contributed by atoms with Crippen molar-refractivity contribution in [3.8, 4) is 0 Å². The first-order chi connectivity index (χ1) is 13.7. The van der Waals surface area contributed by atoms with Crippen LogP contribution in [0.2, 0.25) is 0 Å². The van der Waals surface area contributed by atoms with Crippen molar-refractivity contribution in [3.63, 3.8) is 0 Å². The summed E-state index contributed by atoms with van der Waals surface area (Å²) in [6.45, 7) is 4.89. The van der Waals surface area contributed by atoms with Gasteiger partial charge in [0.15, 0.2) is 0 Å². The molecular weight excluding hydrogens is 382 g/mol. The monoisotopic (exact) mass is 405 g/mol. The summed E-state index contributed by atoms with van der Waals surface area (Å²) in [4.78, 5) is 26.9. The molecule has 0 radical (unpaired) electrons. The summed E-state index contributed by atoms with van der Waals surface area (Å²) in [5.41, 5.74) is 1.01. The zero-order valence-corrected chi connectivity index (χ0v) is 16.5. The molecule has 9 nitrogen and oxygen atoms in total. The third kappa shape index (κ3) is 5.80. The van der Waals surface area contributed by atoms with Crippen LogP contribution < -0.4 is 10.6 Å². The second-order valence-electron chi connectivity index (χ2n) is 6.18. The number of methoxy groups -OCH3 is 1. The van der Waals surface area contributed by atoms with Gasteiger partial charge in [0, 0.05) is 44.5 Å². The van der Waals surface area contributed by atoms with E-state index in [0.717, 1.165) is 32.8 Å². The number of morpholine rings is 1. The minimum atomic E-state index is -0.371. The molecule has 2 amide bonds. The summed E-state index contributed by atoms with van der Waals surface area (Å²) in [5.74, 6) is -0.549. The molecule has 3 rings (SSSR count). The van der Waals surface area contributed by atoms with Crippen LogP contribution in [-0.4, -0.2) is 73.4 Å². The minimum Gasteiger partial charge on any atom is -0.379 e. The number of ether oxygens (including phenoxy) is 2. The maximum Gasteiger partial charge on any atom is 0.286 e. The highest BCUT2D eigenvalue weighted by atomic mass is 32.1. The van der Waals surface area contributed by atoms with Crippen LogP contribution >= 0.6 is 11.3 Å². The third-order valence-electron chi connectivity index (χ3n) is 4.13. The molecule has 28 heavy (non-hydrogen) atoms. The number of benzene rings is 1. The van der Waals surface area contributed by atoms with Crippen molar-refractivity contribution in [1.82, 2.24) is 20.4 Å². The van der Waals surface area contributed by atoms with Gasteiger partial charge in [-0.3, -0.25) is 14.5 Å². The lowest BCUT2D eigenvalue weighted by Crippen LogP contribution is -2.41. The summed E-state index contributed by atoms with van der Waals surface area (Å²) in [5, 5.41) is 14.3. The lowest BCUT2D eigenvalue weighted by Gasteiger charge is -2.26. The molecule has 0 aliphatic carbocycles. The van der Waals surface area contributed by atoms with Crippen molar-refractivity contribution < 1.29 is 19.1 Å². The Labute approximate surface area is 167 Å². The van der Waals surface area contributed by atoms with Crippen molar-refractivity contribution in [3.05, 3.63) is 39.8 Å². The Morgan fingerprint density at radius 3 is 2.86 bits per heavy atom. The van der Waals surface area contributed by atoms with Gasteiger partial charge >= 0.3 is 0 Å². The summed E-state index contributed by atoms with van der Waals surface area (Å²) < 4.78 is 10.3. The highest BCUT2D eigenvalue weighted by Gasteiger charge is 2.15. The highest BCUT2D eigenvalue weighted by molar-refractivity contribution is 7.13. The van der Waals surface area contributed by atoms with E-state index in [-0.39, 0.29) is 16.8 Å². The van der Waals surface area contributed by atoms with Crippen LogP contribution in [0.1, 0.15) is 25.2 Å². The zero-order chi connectivity index (χ0) is 19.8. The molecule has 1 aromatic heterocycles. The fraction of sp³-hybridized carbons (Fsp3) is 0.444. The van der Waals surface area contributed by atoms with Gasteiger partial charge in [-0.25, -0.2) is 0 Å². The van der Waals surface area contributed by atoms with E-state index >= 15 is 0 Å². The topological polar surface area (TPSA) is 106 Å². The predicted molar refractivity (Wildman–Crippen MR) is 105 cm³/mol. The van der Waals surface area contributed by atoms with E-state index in [4.69, 9.17) is 9.47 Å². The van der Waals surface area contributed by atoms with Crippen molar-refractivity contribution in [2.45, 2.75) is 6.61 Å². The number of carbonyl (C=O) groups excluding carboxylic acids is 2. The van der Waals surface area contributed by atoms with Gasteiger partial charge in [0.05, 0.1) is 19.8 Å². The summed E-state index contributed by atoms with van der Waals surface area (Å²) in [6.07, 6.45) is 0. The summed E-state index contributed by atoms with van der Waals surface area (Å²) >= 11 is 1.17. The SMILES string of the molecule is COCc1nnc(C(=O)Nc2cccc(C(=O)NCCN3CCOCC3)c2)s1. The van der Waals surface area contributed by atoms with E-state index in [2.05, 4.69) is 25.7 Å². The van der Waals surface area contributed by atoms with Crippen LogP contribution in [-0.2, 0) is 16.1 Å². The summed E-state index contributed by atoms with van der Waals surface area (Å²) in [7, 11) is 1.55. The van der Waals surface area contributed by atoms with E-state index in [1.54, 1.807) is 31.4 Å². The van der Waals surface area contributed by atoms with E-state index in [9.17, 15) is 9.59 Å². The molecule has 0 bridgehead atoms.